The van der Waals surface area contributed by atoms with Crippen LogP contribution in [-0.4, -0.2) is 11.8 Å². The van der Waals surface area contributed by atoms with Crippen LogP contribution in [0.25, 0.3) is 22.3 Å². The van der Waals surface area contributed by atoms with Gasteiger partial charge in [0.25, 0.3) is 0 Å². The van der Waals surface area contributed by atoms with E-state index >= 15 is 0 Å². The van der Waals surface area contributed by atoms with Gasteiger partial charge in [-0.05, 0) is 39.8 Å². The molecule has 4 aromatic rings. The lowest BCUT2D eigenvalue weighted by Gasteiger charge is -2.44. The van der Waals surface area contributed by atoms with Crippen molar-refractivity contribution in [1.29, 1.82) is 0 Å². The third kappa shape index (κ3) is 3.76. The Labute approximate surface area is 246 Å². The second kappa shape index (κ2) is 9.25. The van der Waals surface area contributed by atoms with Crippen molar-refractivity contribution in [2.24, 2.45) is 0 Å². The number of rotatable bonds is 3. The van der Waals surface area contributed by atoms with E-state index in [1.165, 1.54) is 0 Å². The number of hydrogen-bond acceptors (Lipinski definition) is 8. The van der Waals surface area contributed by atoms with Crippen LogP contribution in [0.5, 0.6) is 0 Å². The first kappa shape index (κ1) is 26.2. The van der Waals surface area contributed by atoms with Crippen LogP contribution in [0, 0.1) is 7.65 Å². The number of carbonyl (C=O) groups excluding carboxylic acids is 2. The lowest BCUT2D eigenvalue weighted by molar-refractivity contribution is -0.125. The first-order valence-corrected chi connectivity index (χ1v) is 17.3. The molecule has 0 unspecified atom stereocenters. The number of carbonyl (C=O) groups is 2. The summed E-state index contributed by atoms with van der Waals surface area (Å²) in [5.74, 6) is -0.138. The number of fused-ring (bicyclic) bond motifs is 6. The van der Waals surface area contributed by atoms with E-state index in [0.717, 1.165) is 51.0 Å². The van der Waals surface area contributed by atoms with Crippen LogP contribution < -0.4 is 9.80 Å². The summed E-state index contributed by atoms with van der Waals surface area (Å²) in [6.07, 6.45) is 0.227. The number of benzene rings is 2. The van der Waals surface area contributed by atoms with Crippen LogP contribution >= 0.6 is 65.8 Å². The largest absolute Gasteiger partial charge is 0.301 e. The first-order chi connectivity index (χ1) is 18.0. The fourth-order valence-corrected chi connectivity index (χ4v) is 12.2. The second-order valence-electron chi connectivity index (χ2n) is 10.4. The number of nitrogens with zero attached hydrogens (tertiary/aromatic N) is 2. The Hall–Kier alpha value is -2.08. The van der Waals surface area contributed by atoms with Crippen LogP contribution in [0.1, 0.15) is 50.3 Å². The highest BCUT2D eigenvalue weighted by molar-refractivity contribution is 7.80. The van der Waals surface area contributed by atoms with E-state index in [0.29, 0.717) is 0 Å². The topological polar surface area (TPSA) is 40.6 Å². The van der Waals surface area contributed by atoms with Crippen LogP contribution in [-0.2, 0) is 20.7 Å². The first-order valence-electron chi connectivity index (χ1n) is 12.2. The van der Waals surface area contributed by atoms with Gasteiger partial charge in [0.05, 0.1) is 32.2 Å². The van der Waals surface area contributed by atoms with E-state index < -0.39 is 11.1 Å². The van der Waals surface area contributed by atoms with Crippen LogP contribution in [0.3, 0.4) is 0 Å². The summed E-state index contributed by atoms with van der Waals surface area (Å²) in [7, 11) is 6.44. The smallest absolute Gasteiger partial charge is 0.228 e. The molecule has 4 nitrogen and oxygen atoms in total. The molecule has 2 aromatic heterocycles. The molecule has 0 fully saturated rings. The average Bonchev–Trinajstić information content (AvgIpc) is 3.47. The molecule has 0 atom stereocenters. The zero-order valence-electron chi connectivity index (χ0n) is 21.2. The molecule has 38 heavy (non-hydrogen) atoms. The molecule has 0 saturated heterocycles. The summed E-state index contributed by atoms with van der Waals surface area (Å²) in [5.41, 5.74) is 4.68. The van der Waals surface area contributed by atoms with Gasteiger partial charge >= 0.3 is 0 Å². The maximum Gasteiger partial charge on any atom is 0.228 e. The summed E-state index contributed by atoms with van der Waals surface area (Å²) in [5, 5.41) is 0. The molecule has 10 heteroatoms. The van der Waals surface area contributed by atoms with E-state index in [1.54, 1.807) is 41.4 Å². The van der Waals surface area contributed by atoms with Crippen molar-refractivity contribution in [3.63, 3.8) is 0 Å². The van der Waals surface area contributed by atoms with Gasteiger partial charge in [0.15, 0.2) is 0 Å². The zero-order valence-corrected chi connectivity index (χ0v) is 26.1. The van der Waals surface area contributed by atoms with Gasteiger partial charge in [0.2, 0.25) is 11.8 Å². The van der Waals surface area contributed by atoms with Gasteiger partial charge in [0, 0.05) is 35.1 Å². The maximum absolute atomic E-state index is 13.9. The fraction of sp³-hybridized carbons (Fsp3) is 0.286. The predicted octanol–water partition coefficient (Wildman–Crippen LogP) is 9.37. The van der Waals surface area contributed by atoms with Crippen molar-refractivity contribution in [3.8, 4) is 22.3 Å². The van der Waals surface area contributed by atoms with Gasteiger partial charge < -0.3 is 9.80 Å². The van der Waals surface area contributed by atoms with E-state index in [9.17, 15) is 9.59 Å². The van der Waals surface area contributed by atoms with E-state index in [4.69, 9.17) is 24.4 Å². The number of amides is 2. The summed E-state index contributed by atoms with van der Waals surface area (Å²) in [6, 6.07) is 15.9. The zero-order chi connectivity index (χ0) is 27.0. The van der Waals surface area contributed by atoms with Gasteiger partial charge in [0.1, 0.15) is 7.65 Å². The monoisotopic (exact) mass is 612 g/mol. The quantitative estimate of drug-likeness (QED) is 0.171. The summed E-state index contributed by atoms with van der Waals surface area (Å²) < 4.78 is 1.71. The van der Waals surface area contributed by atoms with Gasteiger partial charge in [-0.15, -0.1) is 0 Å². The van der Waals surface area contributed by atoms with Gasteiger partial charge in [-0.25, -0.2) is 0 Å². The third-order valence-corrected chi connectivity index (χ3v) is 14.0. The molecular formula is C28H24N2O2S6. The molecule has 0 N–H and O–H groups in total. The average molecular weight is 613 g/mol. The number of para-hydroxylation sites is 2. The van der Waals surface area contributed by atoms with Gasteiger partial charge in [-0.1, -0.05) is 102 Å². The minimum Gasteiger partial charge on any atom is -0.301 e. The van der Waals surface area contributed by atoms with E-state index in [-0.39, 0.29) is 24.7 Å². The van der Waals surface area contributed by atoms with Crippen LogP contribution in [0.4, 0.5) is 11.4 Å². The van der Waals surface area contributed by atoms with Crippen molar-refractivity contribution in [1.82, 2.24) is 0 Å². The SMILES string of the molecule is CC1(C)c2ssc(=S)c2-c2ccccc2N1C(=O)CCC(=O)N1c2ccccc2-c2c(ssc2=S)C1(C)C. The highest BCUT2D eigenvalue weighted by Crippen LogP contribution is 2.53. The Morgan fingerprint density at radius 3 is 1.42 bits per heavy atom. The molecule has 6 rings (SSSR count). The van der Waals surface area contributed by atoms with Crippen molar-refractivity contribution in [2.45, 2.75) is 51.6 Å². The van der Waals surface area contributed by atoms with E-state index in [2.05, 4.69) is 27.7 Å². The summed E-state index contributed by atoms with van der Waals surface area (Å²) in [4.78, 5) is 33.8. The van der Waals surface area contributed by atoms with Crippen LogP contribution in [0.15, 0.2) is 48.5 Å². The Bertz CT molecular complexity index is 1610. The minimum atomic E-state index is -0.563. The highest BCUT2D eigenvalue weighted by atomic mass is 32.9. The predicted molar refractivity (Wildman–Crippen MR) is 167 cm³/mol. The lowest BCUT2D eigenvalue weighted by Crippen LogP contribution is -2.49. The Balaban J connectivity index is 1.33. The highest BCUT2D eigenvalue weighted by Gasteiger charge is 2.45. The molecule has 0 bridgehead atoms. The molecule has 2 aromatic carbocycles. The maximum atomic E-state index is 13.9. The molecular weight excluding hydrogens is 589 g/mol. The normalized spacial score (nSPS) is 16.3. The molecule has 0 radical (unpaired) electrons. The lowest BCUT2D eigenvalue weighted by atomic mass is 9.86. The second-order valence-corrected chi connectivity index (χ2v) is 16.1. The molecule has 194 valence electrons. The Morgan fingerprint density at radius 2 is 1.03 bits per heavy atom. The van der Waals surface area contributed by atoms with Gasteiger partial charge in [-0.2, -0.15) is 0 Å². The molecule has 2 aliphatic heterocycles. The molecule has 4 heterocycles. The molecule has 2 amide bonds. The minimum absolute atomic E-state index is 0.0688. The standard InChI is InChI=1S/C28H24N2O2S6/c1-27(2)23-21(25(33)37-35-23)15-9-5-7-11-17(15)29(27)19(31)13-14-20(32)30-18-12-8-6-10-16(18)22-24(28(30,3)4)36-38-26(22)34/h5-12H,13-14H2,1-4H3. The number of anilines is 2. The van der Waals surface area contributed by atoms with Gasteiger partial charge in [-0.3, -0.25) is 9.59 Å². The van der Waals surface area contributed by atoms with Crippen molar-refractivity contribution in [2.75, 3.05) is 9.80 Å². The van der Waals surface area contributed by atoms with Crippen LogP contribution in [0.2, 0.25) is 0 Å². The molecule has 2 aliphatic rings. The fourth-order valence-electron chi connectivity index (χ4n) is 5.69. The summed E-state index contributed by atoms with van der Waals surface area (Å²) >= 11 is 11.3. The van der Waals surface area contributed by atoms with Crippen molar-refractivity contribution < 1.29 is 9.59 Å². The van der Waals surface area contributed by atoms with E-state index in [1.807, 2.05) is 58.3 Å². The molecule has 0 spiro atoms. The number of hydrogen-bond donors (Lipinski definition) is 0. The molecule has 0 aliphatic carbocycles. The van der Waals surface area contributed by atoms with Crippen molar-refractivity contribution >= 4 is 89.0 Å². The third-order valence-electron chi connectivity index (χ3n) is 7.37. The van der Waals surface area contributed by atoms with Crippen molar-refractivity contribution in [3.05, 3.63) is 65.9 Å². The summed E-state index contributed by atoms with van der Waals surface area (Å²) in [6.45, 7) is 8.26. The Morgan fingerprint density at radius 1 is 0.658 bits per heavy atom. The Kier molecular flexibility index (Phi) is 6.36. The molecule has 0 saturated carbocycles.